The molecule has 2 aromatic rings. The van der Waals surface area contributed by atoms with Crippen molar-refractivity contribution in [3.8, 4) is 0 Å². The summed E-state index contributed by atoms with van der Waals surface area (Å²) in [6.07, 6.45) is 5.28. The molecule has 9 heteroatoms. The molecule has 33 heavy (non-hydrogen) atoms. The Bertz CT molecular complexity index is 856. The third-order valence-corrected chi connectivity index (χ3v) is 9.87. The minimum absolute atomic E-state index is 0.458. The predicted molar refractivity (Wildman–Crippen MR) is 143 cm³/mol. The minimum atomic E-state index is -1.14. The molecule has 2 aromatic heterocycles. The summed E-state index contributed by atoms with van der Waals surface area (Å²) in [5.41, 5.74) is 7.98. The van der Waals surface area contributed by atoms with E-state index in [2.05, 4.69) is 55.3 Å². The van der Waals surface area contributed by atoms with Crippen LogP contribution < -0.4 is 10.6 Å². The van der Waals surface area contributed by atoms with Crippen molar-refractivity contribution in [2.45, 2.75) is 76.6 Å². The lowest BCUT2D eigenvalue weighted by molar-refractivity contribution is 0.0942. The van der Waals surface area contributed by atoms with Gasteiger partial charge in [-0.3, -0.25) is 0 Å². The van der Waals surface area contributed by atoms with Crippen LogP contribution in [0.4, 0.5) is 5.82 Å². The first kappa shape index (κ1) is 26.3. The molecule has 0 radical (unpaired) electrons. The van der Waals surface area contributed by atoms with Crippen LogP contribution in [0.5, 0.6) is 0 Å². The van der Waals surface area contributed by atoms with Gasteiger partial charge in [-0.15, -0.1) is 0 Å². The molecule has 0 aliphatic heterocycles. The zero-order valence-corrected chi connectivity index (χ0v) is 23.6. The highest BCUT2D eigenvalue weighted by Crippen LogP contribution is 2.38. The molecule has 3 rings (SSSR count). The van der Waals surface area contributed by atoms with Gasteiger partial charge in [-0.1, -0.05) is 39.3 Å². The lowest BCUT2D eigenvalue weighted by Crippen LogP contribution is -2.33. The molecule has 2 atom stereocenters. The van der Waals surface area contributed by atoms with Gasteiger partial charge in [0.2, 0.25) is 0 Å². The molecule has 2 unspecified atom stereocenters. The van der Waals surface area contributed by atoms with Gasteiger partial charge in [-0.2, -0.15) is 9.61 Å². The molecule has 2 N–H and O–H groups in total. The summed E-state index contributed by atoms with van der Waals surface area (Å²) in [5, 5.41) is 4.57. The molecule has 0 amide bonds. The van der Waals surface area contributed by atoms with Crippen LogP contribution in [-0.2, 0) is 9.47 Å². The van der Waals surface area contributed by atoms with Gasteiger partial charge < -0.3 is 20.1 Å². The highest BCUT2D eigenvalue weighted by Gasteiger charge is 2.27. The number of ether oxygens (including phenoxy) is 2. The summed E-state index contributed by atoms with van der Waals surface area (Å²) in [6, 6.07) is 6.49. The summed E-state index contributed by atoms with van der Waals surface area (Å²) in [4.78, 5) is 7.12. The smallest absolute Gasteiger partial charge is 0.157 e. The topological polar surface area (TPSA) is 77.9 Å². The van der Waals surface area contributed by atoms with Gasteiger partial charge in [-0.05, 0) is 43.8 Å². The Morgan fingerprint density at radius 3 is 2.21 bits per heavy atom. The highest BCUT2D eigenvalue weighted by molar-refractivity contribution is 6.76. The van der Waals surface area contributed by atoms with Crippen LogP contribution >= 0.6 is 0 Å². The molecular weight excluding hydrogens is 446 g/mol. The summed E-state index contributed by atoms with van der Waals surface area (Å²) in [6.45, 7) is 17.6. The molecular formula is C24H45N5O2Si2. The fourth-order valence-electron chi connectivity index (χ4n) is 4.18. The lowest BCUT2D eigenvalue weighted by Gasteiger charge is -2.27. The van der Waals surface area contributed by atoms with E-state index in [1.54, 1.807) is 0 Å². The molecule has 0 aromatic carbocycles. The number of fused-ring (bicyclic) bond motifs is 1. The molecule has 7 nitrogen and oxygen atoms in total. The zero-order chi connectivity index (χ0) is 24.1. The van der Waals surface area contributed by atoms with Crippen molar-refractivity contribution in [2.24, 2.45) is 11.7 Å². The van der Waals surface area contributed by atoms with Crippen molar-refractivity contribution in [1.82, 2.24) is 14.6 Å². The Balaban J connectivity index is 1.79. The van der Waals surface area contributed by atoms with Crippen LogP contribution in [-0.4, -0.2) is 64.0 Å². The third-order valence-electron chi connectivity index (χ3n) is 6.46. The minimum Gasteiger partial charge on any atom is -0.361 e. The van der Waals surface area contributed by atoms with Gasteiger partial charge in [0.05, 0.1) is 6.20 Å². The van der Waals surface area contributed by atoms with E-state index in [9.17, 15) is 0 Å². The number of aromatic nitrogens is 3. The van der Waals surface area contributed by atoms with E-state index in [1.807, 2.05) is 16.8 Å². The van der Waals surface area contributed by atoms with E-state index in [4.69, 9.17) is 20.2 Å². The Hall–Kier alpha value is -1.27. The third kappa shape index (κ3) is 8.17. The van der Waals surface area contributed by atoms with Crippen LogP contribution in [0.2, 0.25) is 51.4 Å². The van der Waals surface area contributed by atoms with E-state index in [0.717, 1.165) is 61.8 Å². The molecule has 0 spiro atoms. The standard InChI is InChI=1S/C24H45N5O2Si2/c1-32(2,3)13-11-30-18-28(19-31-12-14-33(4,5)6)24-16-22(21-8-7-20(15-21)17-25)27-23-9-10-26-29(23)24/h9-10,16,20-21H,7-8,11-15,17-19,25H2,1-6H3. The van der Waals surface area contributed by atoms with Gasteiger partial charge in [-0.25, -0.2) is 4.98 Å². The zero-order valence-electron chi connectivity index (χ0n) is 21.6. The Morgan fingerprint density at radius 1 is 1.03 bits per heavy atom. The van der Waals surface area contributed by atoms with Crippen molar-refractivity contribution in [1.29, 1.82) is 0 Å². The first-order chi connectivity index (χ1) is 15.6. The average molecular weight is 492 g/mol. The van der Waals surface area contributed by atoms with Crippen LogP contribution in [0, 0.1) is 5.92 Å². The maximum Gasteiger partial charge on any atom is 0.157 e. The largest absolute Gasteiger partial charge is 0.361 e. The highest BCUT2D eigenvalue weighted by atomic mass is 28.3. The Labute approximate surface area is 202 Å². The van der Waals surface area contributed by atoms with Crippen molar-refractivity contribution < 1.29 is 9.47 Å². The SMILES string of the molecule is C[Si](C)(C)CCOCN(COCC[Si](C)(C)C)c1cc(C2CCC(CN)C2)nc2ccnn12. The van der Waals surface area contributed by atoms with Crippen LogP contribution in [0.15, 0.2) is 18.3 Å². The average Bonchev–Trinajstić information content (AvgIpc) is 3.39. The second kappa shape index (κ2) is 11.4. The normalized spacial score (nSPS) is 19.5. The first-order valence-corrected chi connectivity index (χ1v) is 19.9. The molecule has 186 valence electrons. The fraction of sp³-hybridized carbons (Fsp3) is 0.750. The number of anilines is 1. The summed E-state index contributed by atoms with van der Waals surface area (Å²) in [5.74, 6) is 2.06. The molecule has 1 aliphatic carbocycles. The summed E-state index contributed by atoms with van der Waals surface area (Å²) >= 11 is 0. The van der Waals surface area contributed by atoms with E-state index in [1.165, 1.54) is 6.42 Å². The van der Waals surface area contributed by atoms with Crippen LogP contribution in [0.1, 0.15) is 30.9 Å². The lowest BCUT2D eigenvalue weighted by atomic mass is 10.0. The van der Waals surface area contributed by atoms with Crippen LogP contribution in [0.3, 0.4) is 0 Å². The second-order valence-corrected chi connectivity index (χ2v) is 23.2. The quantitative estimate of drug-likeness (QED) is 0.241. The van der Waals surface area contributed by atoms with Crippen molar-refractivity contribution in [3.05, 3.63) is 24.0 Å². The van der Waals surface area contributed by atoms with Gasteiger partial charge in [0.15, 0.2) is 5.65 Å². The van der Waals surface area contributed by atoms with E-state index >= 15 is 0 Å². The van der Waals surface area contributed by atoms with E-state index < -0.39 is 16.1 Å². The summed E-state index contributed by atoms with van der Waals surface area (Å²) in [7, 11) is -2.28. The number of hydrogen-bond acceptors (Lipinski definition) is 6. The number of hydrogen-bond donors (Lipinski definition) is 1. The maximum absolute atomic E-state index is 6.16. The van der Waals surface area contributed by atoms with E-state index in [0.29, 0.717) is 25.3 Å². The first-order valence-electron chi connectivity index (χ1n) is 12.5. The Kier molecular flexibility index (Phi) is 9.13. The van der Waals surface area contributed by atoms with Gasteiger partial charge in [0.1, 0.15) is 19.3 Å². The fourth-order valence-corrected chi connectivity index (χ4v) is 5.70. The Morgan fingerprint density at radius 2 is 1.67 bits per heavy atom. The monoisotopic (exact) mass is 491 g/mol. The van der Waals surface area contributed by atoms with Crippen LogP contribution in [0.25, 0.3) is 5.65 Å². The van der Waals surface area contributed by atoms with Crippen molar-refractivity contribution in [2.75, 3.05) is 38.1 Å². The van der Waals surface area contributed by atoms with Crippen molar-refractivity contribution >= 4 is 27.6 Å². The molecule has 2 heterocycles. The molecule has 1 saturated carbocycles. The molecule has 0 saturated heterocycles. The van der Waals surface area contributed by atoms with E-state index in [-0.39, 0.29) is 0 Å². The van der Waals surface area contributed by atoms with Gasteiger partial charge >= 0.3 is 0 Å². The number of nitrogens with zero attached hydrogens (tertiary/aromatic N) is 4. The van der Waals surface area contributed by atoms with Gasteiger partial charge in [0.25, 0.3) is 0 Å². The molecule has 1 fully saturated rings. The summed E-state index contributed by atoms with van der Waals surface area (Å²) < 4.78 is 14.2. The van der Waals surface area contributed by atoms with Gasteiger partial charge in [0, 0.05) is 53.1 Å². The predicted octanol–water partition coefficient (Wildman–Crippen LogP) is 5.00. The molecule has 0 bridgehead atoms. The van der Waals surface area contributed by atoms with Crippen molar-refractivity contribution in [3.63, 3.8) is 0 Å². The second-order valence-electron chi connectivity index (χ2n) is 12.0. The number of rotatable bonds is 13. The maximum atomic E-state index is 6.16. The number of nitrogens with two attached hydrogens (primary N) is 1. The molecule has 1 aliphatic rings.